The molecule has 0 aromatic carbocycles. The molecule has 1 aliphatic rings. The fourth-order valence-electron chi connectivity index (χ4n) is 2.21. The molecule has 1 fully saturated rings. The second-order valence-corrected chi connectivity index (χ2v) is 7.80. The number of aliphatic carboxylic acids is 1. The van der Waals surface area contributed by atoms with Gasteiger partial charge in [-0.15, -0.1) is 11.3 Å². The molecule has 2 rings (SSSR count). The molecule has 19 heavy (non-hydrogen) atoms. The Hall–Kier alpha value is -0.920. The molecule has 1 atom stereocenters. The van der Waals surface area contributed by atoms with Crippen LogP contribution in [0.15, 0.2) is 17.5 Å². The smallest absolute Gasteiger partial charge is 0.307 e. The van der Waals surface area contributed by atoms with Crippen LogP contribution >= 0.6 is 11.3 Å². The van der Waals surface area contributed by atoms with Crippen molar-refractivity contribution in [3.8, 4) is 0 Å². The van der Waals surface area contributed by atoms with E-state index in [0.717, 1.165) is 4.88 Å². The Bertz CT molecular complexity index is 524. The van der Waals surface area contributed by atoms with Crippen LogP contribution in [0.25, 0.3) is 0 Å². The molecule has 0 aliphatic carbocycles. The van der Waals surface area contributed by atoms with Crippen molar-refractivity contribution < 1.29 is 18.3 Å². The van der Waals surface area contributed by atoms with Crippen LogP contribution in [0.3, 0.4) is 0 Å². The second-order valence-electron chi connectivity index (χ2n) is 4.68. The van der Waals surface area contributed by atoms with E-state index in [0.29, 0.717) is 25.8 Å². The number of nitrogens with zero attached hydrogens (tertiary/aromatic N) is 1. The van der Waals surface area contributed by atoms with Crippen LogP contribution in [0.5, 0.6) is 0 Å². The van der Waals surface area contributed by atoms with Crippen LogP contribution < -0.4 is 0 Å². The summed E-state index contributed by atoms with van der Waals surface area (Å²) in [5.41, 5.74) is 0. The van der Waals surface area contributed by atoms with Gasteiger partial charge in [-0.2, -0.15) is 0 Å². The van der Waals surface area contributed by atoms with E-state index in [1.54, 1.807) is 0 Å². The lowest BCUT2D eigenvalue weighted by Crippen LogP contribution is -2.43. The van der Waals surface area contributed by atoms with Gasteiger partial charge in [-0.05, 0) is 30.7 Å². The zero-order valence-electron chi connectivity index (χ0n) is 10.5. The molecule has 1 N–H and O–H groups in total. The number of piperidine rings is 1. The Labute approximate surface area is 116 Å². The minimum atomic E-state index is -3.35. The average molecular weight is 303 g/mol. The van der Waals surface area contributed by atoms with Gasteiger partial charge in [0.1, 0.15) is 0 Å². The molecule has 0 radical (unpaired) electrons. The van der Waals surface area contributed by atoms with Crippen LogP contribution in [0, 0.1) is 5.92 Å². The van der Waals surface area contributed by atoms with Gasteiger partial charge in [-0.1, -0.05) is 6.07 Å². The van der Waals surface area contributed by atoms with E-state index in [9.17, 15) is 13.2 Å². The number of rotatable bonds is 5. The minimum absolute atomic E-state index is 0.0554. The molecule has 1 aromatic rings. The van der Waals surface area contributed by atoms with Crippen LogP contribution in [0.2, 0.25) is 0 Å². The van der Waals surface area contributed by atoms with Crippen molar-refractivity contribution in [1.82, 2.24) is 4.31 Å². The fraction of sp³-hybridized carbons (Fsp3) is 0.583. The molecular formula is C12H17NO4S2. The number of carboxylic acids is 1. The first-order valence-electron chi connectivity index (χ1n) is 6.22. The summed E-state index contributed by atoms with van der Waals surface area (Å²) >= 11 is 1.54. The molecule has 2 heterocycles. The van der Waals surface area contributed by atoms with Crippen LogP contribution in [0.4, 0.5) is 0 Å². The molecule has 7 heteroatoms. The summed E-state index contributed by atoms with van der Waals surface area (Å²) < 4.78 is 25.7. The molecule has 0 bridgehead atoms. The van der Waals surface area contributed by atoms with Gasteiger partial charge in [-0.25, -0.2) is 12.7 Å². The maximum absolute atomic E-state index is 12.2. The van der Waals surface area contributed by atoms with Crippen molar-refractivity contribution in [2.75, 3.05) is 18.8 Å². The number of sulfonamides is 1. The number of thiophene rings is 1. The highest BCUT2D eigenvalue weighted by Crippen LogP contribution is 2.20. The van der Waals surface area contributed by atoms with Gasteiger partial charge in [0.15, 0.2) is 0 Å². The minimum Gasteiger partial charge on any atom is -0.481 e. The zero-order valence-corrected chi connectivity index (χ0v) is 12.1. The first-order valence-corrected chi connectivity index (χ1v) is 8.71. The van der Waals surface area contributed by atoms with Crippen LogP contribution in [-0.2, 0) is 21.2 Å². The van der Waals surface area contributed by atoms with E-state index in [1.807, 2.05) is 17.5 Å². The van der Waals surface area contributed by atoms with Crippen LogP contribution in [0.1, 0.15) is 17.7 Å². The molecule has 1 aromatic heterocycles. The Morgan fingerprint density at radius 2 is 2.32 bits per heavy atom. The Kier molecular flexibility index (Phi) is 4.59. The van der Waals surface area contributed by atoms with E-state index in [-0.39, 0.29) is 12.3 Å². The number of carboxylic acid groups (broad SMARTS) is 1. The Morgan fingerprint density at radius 1 is 1.53 bits per heavy atom. The van der Waals surface area contributed by atoms with Crippen molar-refractivity contribution in [3.05, 3.63) is 22.4 Å². The SMILES string of the molecule is O=C(O)C1CCCN(S(=O)(=O)CCc2cccs2)C1. The number of hydrogen-bond acceptors (Lipinski definition) is 4. The van der Waals surface area contributed by atoms with Gasteiger partial charge in [0.25, 0.3) is 0 Å². The van der Waals surface area contributed by atoms with Gasteiger partial charge in [0, 0.05) is 18.0 Å². The number of hydrogen-bond donors (Lipinski definition) is 1. The monoisotopic (exact) mass is 303 g/mol. The first-order chi connectivity index (χ1) is 8.99. The van der Waals surface area contributed by atoms with E-state index in [4.69, 9.17) is 5.11 Å². The highest BCUT2D eigenvalue weighted by Gasteiger charge is 2.31. The first kappa shape index (κ1) is 14.5. The van der Waals surface area contributed by atoms with Crippen molar-refractivity contribution in [2.24, 2.45) is 5.92 Å². The third-order valence-corrected chi connectivity index (χ3v) is 6.09. The molecule has 1 aliphatic heterocycles. The Balaban J connectivity index is 1.96. The van der Waals surface area contributed by atoms with Crippen molar-refractivity contribution in [2.45, 2.75) is 19.3 Å². The van der Waals surface area contributed by atoms with Crippen LogP contribution in [-0.4, -0.2) is 42.6 Å². The molecule has 106 valence electrons. The van der Waals surface area contributed by atoms with E-state index < -0.39 is 21.9 Å². The quantitative estimate of drug-likeness (QED) is 0.892. The number of aryl methyl sites for hydroxylation is 1. The second kappa shape index (κ2) is 6.02. The van der Waals surface area contributed by atoms with Gasteiger partial charge < -0.3 is 5.11 Å². The lowest BCUT2D eigenvalue weighted by molar-refractivity contribution is -0.142. The standard InChI is InChI=1S/C12H17NO4S2/c14-12(15)10-3-1-6-13(9-10)19(16,17)8-5-11-4-2-7-18-11/h2,4,7,10H,1,3,5-6,8-9H2,(H,14,15). The molecule has 0 spiro atoms. The summed E-state index contributed by atoms with van der Waals surface area (Å²) in [6, 6.07) is 3.81. The van der Waals surface area contributed by atoms with Gasteiger partial charge in [-0.3, -0.25) is 4.79 Å². The van der Waals surface area contributed by atoms with Crippen molar-refractivity contribution in [1.29, 1.82) is 0 Å². The predicted octanol–water partition coefficient (Wildman–Crippen LogP) is 1.42. The predicted molar refractivity (Wildman–Crippen MR) is 73.7 cm³/mol. The van der Waals surface area contributed by atoms with Gasteiger partial charge in [0.05, 0.1) is 11.7 Å². The molecular weight excluding hydrogens is 286 g/mol. The summed E-state index contributed by atoms with van der Waals surface area (Å²) in [4.78, 5) is 12.0. The topological polar surface area (TPSA) is 74.7 Å². The zero-order chi connectivity index (χ0) is 13.9. The molecule has 0 amide bonds. The highest BCUT2D eigenvalue weighted by molar-refractivity contribution is 7.89. The largest absolute Gasteiger partial charge is 0.481 e. The maximum atomic E-state index is 12.2. The lowest BCUT2D eigenvalue weighted by atomic mass is 10.0. The third-order valence-electron chi connectivity index (χ3n) is 3.31. The summed E-state index contributed by atoms with van der Waals surface area (Å²) in [6.07, 6.45) is 1.68. The summed E-state index contributed by atoms with van der Waals surface area (Å²) in [6.45, 7) is 0.554. The molecule has 1 unspecified atom stereocenters. The number of carbonyl (C=O) groups is 1. The summed E-state index contributed by atoms with van der Waals surface area (Å²) in [5, 5.41) is 10.9. The molecule has 1 saturated heterocycles. The highest BCUT2D eigenvalue weighted by atomic mass is 32.2. The maximum Gasteiger partial charge on any atom is 0.307 e. The normalized spacial score (nSPS) is 21.4. The van der Waals surface area contributed by atoms with Crippen molar-refractivity contribution in [3.63, 3.8) is 0 Å². The van der Waals surface area contributed by atoms with Gasteiger partial charge >= 0.3 is 5.97 Å². The van der Waals surface area contributed by atoms with Crippen molar-refractivity contribution >= 4 is 27.3 Å². The Morgan fingerprint density at radius 3 is 2.95 bits per heavy atom. The summed E-state index contributed by atoms with van der Waals surface area (Å²) in [5.74, 6) is -1.41. The fourth-order valence-corrected chi connectivity index (χ4v) is 4.60. The average Bonchev–Trinajstić information content (AvgIpc) is 2.90. The lowest BCUT2D eigenvalue weighted by Gasteiger charge is -2.29. The van der Waals surface area contributed by atoms with E-state index >= 15 is 0 Å². The van der Waals surface area contributed by atoms with Gasteiger partial charge in [0.2, 0.25) is 10.0 Å². The van der Waals surface area contributed by atoms with E-state index in [1.165, 1.54) is 15.6 Å². The summed E-state index contributed by atoms with van der Waals surface area (Å²) in [7, 11) is -3.35. The third kappa shape index (κ3) is 3.77. The van der Waals surface area contributed by atoms with E-state index in [2.05, 4.69) is 0 Å². The molecule has 0 saturated carbocycles. The molecule has 5 nitrogen and oxygen atoms in total.